The van der Waals surface area contributed by atoms with Crippen molar-refractivity contribution in [2.24, 2.45) is 0 Å². The first-order valence-corrected chi connectivity index (χ1v) is 9.18. The van der Waals surface area contributed by atoms with E-state index in [0.717, 1.165) is 16.3 Å². The van der Waals surface area contributed by atoms with Crippen molar-refractivity contribution in [1.82, 2.24) is 5.32 Å². The summed E-state index contributed by atoms with van der Waals surface area (Å²) in [6.07, 6.45) is -0.135. The van der Waals surface area contributed by atoms with Crippen molar-refractivity contribution < 1.29 is 24.4 Å². The van der Waals surface area contributed by atoms with Crippen LogP contribution in [0, 0.1) is 10.1 Å². The molecule has 154 valence electrons. The zero-order valence-electron chi connectivity index (χ0n) is 16.2. The molecule has 0 heterocycles. The van der Waals surface area contributed by atoms with E-state index < -0.39 is 22.8 Å². The lowest BCUT2D eigenvalue weighted by molar-refractivity contribution is -0.384. The molecule has 0 aromatic heterocycles. The number of carboxylic acids is 1. The third kappa shape index (κ3) is 4.91. The fourth-order valence-electron chi connectivity index (χ4n) is 3.24. The smallest absolute Gasteiger partial charge is 0.326 e. The van der Waals surface area contributed by atoms with Gasteiger partial charge in [-0.1, -0.05) is 42.5 Å². The number of nitro benzene ring substituents is 1. The van der Waals surface area contributed by atoms with Crippen LogP contribution in [0.25, 0.3) is 10.8 Å². The minimum atomic E-state index is -1.26. The van der Waals surface area contributed by atoms with Crippen molar-refractivity contribution >= 4 is 28.3 Å². The van der Waals surface area contributed by atoms with Crippen LogP contribution in [0.1, 0.15) is 11.1 Å². The van der Waals surface area contributed by atoms with Gasteiger partial charge in [-0.2, -0.15) is 0 Å². The van der Waals surface area contributed by atoms with Crippen LogP contribution in [0.3, 0.4) is 0 Å². The summed E-state index contributed by atoms with van der Waals surface area (Å²) in [6.45, 7) is 0. The number of nitrogens with zero attached hydrogens (tertiary/aromatic N) is 1. The van der Waals surface area contributed by atoms with Gasteiger partial charge in [0.2, 0.25) is 5.91 Å². The lowest BCUT2D eigenvalue weighted by Gasteiger charge is -2.16. The molecule has 1 amide bonds. The third-order valence-electron chi connectivity index (χ3n) is 4.71. The SMILES string of the molecule is COc1ccc([N+](=O)[O-])cc1C[C@@H](NC(=O)Cc1ccc2ccccc2c1)C(=O)O. The van der Waals surface area contributed by atoms with Crippen molar-refractivity contribution in [2.75, 3.05) is 7.11 Å². The summed E-state index contributed by atoms with van der Waals surface area (Å²) in [7, 11) is 1.39. The number of amides is 1. The molecule has 1 atom stereocenters. The molecule has 8 heteroatoms. The van der Waals surface area contributed by atoms with Crippen LogP contribution in [0.4, 0.5) is 5.69 Å². The highest BCUT2D eigenvalue weighted by atomic mass is 16.6. The minimum absolute atomic E-state index is 0.0146. The van der Waals surface area contributed by atoms with E-state index in [1.807, 2.05) is 42.5 Å². The Labute approximate surface area is 172 Å². The number of aliphatic carboxylic acids is 1. The maximum absolute atomic E-state index is 12.5. The van der Waals surface area contributed by atoms with Gasteiger partial charge < -0.3 is 15.2 Å². The van der Waals surface area contributed by atoms with Crippen molar-refractivity contribution in [3.8, 4) is 5.75 Å². The van der Waals surface area contributed by atoms with Gasteiger partial charge >= 0.3 is 5.97 Å². The van der Waals surface area contributed by atoms with Gasteiger partial charge in [-0.25, -0.2) is 4.79 Å². The van der Waals surface area contributed by atoms with Crippen molar-refractivity contribution in [2.45, 2.75) is 18.9 Å². The van der Waals surface area contributed by atoms with E-state index in [1.165, 1.54) is 25.3 Å². The Morgan fingerprint density at radius 2 is 1.83 bits per heavy atom. The molecule has 3 aromatic rings. The molecule has 30 heavy (non-hydrogen) atoms. The van der Waals surface area contributed by atoms with E-state index in [-0.39, 0.29) is 18.5 Å². The van der Waals surface area contributed by atoms with Gasteiger partial charge in [0, 0.05) is 24.1 Å². The van der Waals surface area contributed by atoms with Crippen LogP contribution in [0.2, 0.25) is 0 Å². The van der Waals surface area contributed by atoms with E-state index in [9.17, 15) is 24.8 Å². The Bertz CT molecular complexity index is 1110. The molecular formula is C22H20N2O6. The van der Waals surface area contributed by atoms with Crippen LogP contribution < -0.4 is 10.1 Å². The molecule has 0 fully saturated rings. The molecule has 0 aliphatic rings. The number of benzene rings is 3. The molecule has 3 rings (SSSR count). The number of carbonyl (C=O) groups excluding carboxylic acids is 1. The maximum Gasteiger partial charge on any atom is 0.326 e. The molecule has 0 saturated carbocycles. The van der Waals surface area contributed by atoms with E-state index in [0.29, 0.717) is 11.3 Å². The Kier molecular flexibility index (Phi) is 6.26. The van der Waals surface area contributed by atoms with Crippen LogP contribution in [-0.2, 0) is 22.4 Å². The number of ether oxygens (including phenoxy) is 1. The van der Waals surface area contributed by atoms with E-state index in [4.69, 9.17) is 4.74 Å². The van der Waals surface area contributed by atoms with Gasteiger partial charge in [0.25, 0.3) is 5.69 Å². The summed E-state index contributed by atoms with van der Waals surface area (Å²) < 4.78 is 5.17. The maximum atomic E-state index is 12.5. The van der Waals surface area contributed by atoms with Crippen LogP contribution in [0.15, 0.2) is 60.7 Å². The normalized spacial score (nSPS) is 11.6. The second-order valence-corrected chi connectivity index (χ2v) is 6.77. The second-order valence-electron chi connectivity index (χ2n) is 6.77. The van der Waals surface area contributed by atoms with E-state index in [1.54, 1.807) is 0 Å². The molecule has 0 spiro atoms. The van der Waals surface area contributed by atoms with Crippen molar-refractivity contribution in [1.29, 1.82) is 0 Å². The summed E-state index contributed by atoms with van der Waals surface area (Å²) in [5.41, 5.74) is 0.894. The highest BCUT2D eigenvalue weighted by molar-refractivity contribution is 5.87. The molecule has 0 unspecified atom stereocenters. The average Bonchev–Trinajstić information content (AvgIpc) is 2.72. The third-order valence-corrected chi connectivity index (χ3v) is 4.71. The number of rotatable bonds is 8. The summed E-state index contributed by atoms with van der Waals surface area (Å²) in [6, 6.07) is 16.0. The predicted octanol–water partition coefficient (Wildman–Crippen LogP) is 3.11. The standard InChI is InChI=1S/C22H20N2O6/c1-30-20-9-8-18(24(28)29)12-17(20)13-19(22(26)27)23-21(25)11-14-6-7-15-4-2-3-5-16(15)10-14/h2-10,12,19H,11,13H2,1H3,(H,23,25)(H,26,27)/t19-/m1/s1. The highest BCUT2D eigenvalue weighted by Gasteiger charge is 2.23. The van der Waals surface area contributed by atoms with Crippen molar-refractivity contribution in [3.05, 3.63) is 81.9 Å². The number of methoxy groups -OCH3 is 1. The molecule has 2 N–H and O–H groups in total. The first kappa shape index (κ1) is 20.8. The van der Waals surface area contributed by atoms with Gasteiger partial charge in [0.1, 0.15) is 11.8 Å². The molecule has 0 radical (unpaired) electrons. The molecule has 3 aromatic carbocycles. The van der Waals surface area contributed by atoms with Gasteiger partial charge in [-0.3, -0.25) is 14.9 Å². The summed E-state index contributed by atoms with van der Waals surface area (Å²) >= 11 is 0. The number of hydrogen-bond acceptors (Lipinski definition) is 5. The van der Waals surface area contributed by atoms with E-state index >= 15 is 0 Å². The van der Waals surface area contributed by atoms with Crippen molar-refractivity contribution in [3.63, 3.8) is 0 Å². The number of hydrogen-bond donors (Lipinski definition) is 2. The topological polar surface area (TPSA) is 119 Å². The minimum Gasteiger partial charge on any atom is -0.496 e. The highest BCUT2D eigenvalue weighted by Crippen LogP contribution is 2.25. The van der Waals surface area contributed by atoms with Gasteiger partial charge in [-0.05, 0) is 22.4 Å². The number of nitro groups is 1. The molecule has 0 aliphatic heterocycles. The lowest BCUT2D eigenvalue weighted by Crippen LogP contribution is -2.43. The molecular weight excluding hydrogens is 388 g/mol. The Morgan fingerprint density at radius 3 is 2.50 bits per heavy atom. The summed E-state index contributed by atoms with van der Waals surface area (Å²) in [5.74, 6) is -1.38. The van der Waals surface area contributed by atoms with Gasteiger partial charge in [0.15, 0.2) is 0 Å². The Hall–Kier alpha value is -3.94. The first-order valence-electron chi connectivity index (χ1n) is 9.18. The predicted molar refractivity (Wildman–Crippen MR) is 111 cm³/mol. The average molecular weight is 408 g/mol. The fourth-order valence-corrected chi connectivity index (χ4v) is 3.24. The number of carbonyl (C=O) groups is 2. The molecule has 0 saturated heterocycles. The fraction of sp³-hybridized carbons (Fsp3) is 0.182. The van der Waals surface area contributed by atoms with Crippen LogP contribution in [0.5, 0.6) is 5.75 Å². The lowest BCUT2D eigenvalue weighted by atomic mass is 10.0. The number of nitrogens with one attached hydrogen (secondary N) is 1. The first-order chi connectivity index (χ1) is 14.4. The quantitative estimate of drug-likeness (QED) is 0.437. The van der Waals surface area contributed by atoms with Gasteiger partial charge in [0.05, 0.1) is 18.5 Å². The zero-order chi connectivity index (χ0) is 21.7. The Balaban J connectivity index is 1.75. The Morgan fingerprint density at radius 1 is 1.10 bits per heavy atom. The zero-order valence-corrected chi connectivity index (χ0v) is 16.2. The molecule has 0 aliphatic carbocycles. The van der Waals surface area contributed by atoms with Gasteiger partial charge in [-0.15, -0.1) is 0 Å². The summed E-state index contributed by atoms with van der Waals surface area (Å²) in [4.78, 5) is 34.6. The molecule has 8 nitrogen and oxygen atoms in total. The molecule has 0 bridgehead atoms. The number of carboxylic acid groups (broad SMARTS) is 1. The van der Waals surface area contributed by atoms with E-state index in [2.05, 4.69) is 5.32 Å². The second kappa shape index (κ2) is 9.04. The largest absolute Gasteiger partial charge is 0.496 e. The summed E-state index contributed by atoms with van der Waals surface area (Å²) in [5, 5.41) is 25.1. The van der Waals surface area contributed by atoms with Crippen LogP contribution in [-0.4, -0.2) is 35.1 Å². The van der Waals surface area contributed by atoms with Crippen LogP contribution >= 0.6 is 0 Å². The number of fused-ring (bicyclic) bond motifs is 1. The number of non-ortho nitro benzene ring substituents is 1. The monoisotopic (exact) mass is 408 g/mol.